The highest BCUT2D eigenvalue weighted by Gasteiger charge is 2.31. The molecule has 0 unspecified atom stereocenters. The van der Waals surface area contributed by atoms with Gasteiger partial charge in [-0.2, -0.15) is 13.2 Å². The standard InChI is InChI=1S/C22H17F3N2O3S/c23-22(24,25)18-8-4-6-16(12-18)13-20(31(29,30)19-9-2-1-3-10-19)21(28)27-15-17-7-5-11-26-14-17/h1-14H,15H2,(H,27,28)/b20-13+. The van der Waals surface area contributed by atoms with E-state index < -0.39 is 32.4 Å². The Kier molecular flexibility index (Phi) is 6.55. The molecule has 0 fully saturated rings. The van der Waals surface area contributed by atoms with E-state index in [4.69, 9.17) is 0 Å². The predicted octanol–water partition coefficient (Wildman–Crippen LogP) is 4.23. The van der Waals surface area contributed by atoms with E-state index in [1.807, 2.05) is 0 Å². The second-order valence-electron chi connectivity index (χ2n) is 6.49. The molecule has 3 aromatic rings. The van der Waals surface area contributed by atoms with Crippen molar-refractivity contribution in [1.29, 1.82) is 0 Å². The topological polar surface area (TPSA) is 76.1 Å². The van der Waals surface area contributed by atoms with Crippen LogP contribution >= 0.6 is 0 Å². The van der Waals surface area contributed by atoms with Gasteiger partial charge in [-0.15, -0.1) is 0 Å². The molecule has 0 radical (unpaired) electrons. The summed E-state index contributed by atoms with van der Waals surface area (Å²) in [6.45, 7) is -0.00306. The number of halogens is 3. The van der Waals surface area contributed by atoms with Crippen molar-refractivity contribution in [2.75, 3.05) is 0 Å². The Morgan fingerprint density at radius 1 is 1.00 bits per heavy atom. The van der Waals surface area contributed by atoms with Crippen molar-refractivity contribution in [3.63, 3.8) is 0 Å². The van der Waals surface area contributed by atoms with Crippen molar-refractivity contribution in [2.45, 2.75) is 17.6 Å². The zero-order chi connectivity index (χ0) is 22.5. The Bertz CT molecular complexity index is 1190. The third kappa shape index (κ3) is 5.58. The van der Waals surface area contributed by atoms with E-state index in [-0.39, 0.29) is 17.0 Å². The van der Waals surface area contributed by atoms with Gasteiger partial charge in [0.1, 0.15) is 4.91 Å². The molecule has 1 amide bonds. The molecule has 1 aromatic heterocycles. The lowest BCUT2D eigenvalue weighted by Gasteiger charge is -2.12. The molecule has 0 aliphatic rings. The molecule has 0 saturated carbocycles. The lowest BCUT2D eigenvalue weighted by Crippen LogP contribution is -2.28. The van der Waals surface area contributed by atoms with E-state index in [1.165, 1.54) is 36.5 Å². The molecule has 0 saturated heterocycles. The summed E-state index contributed by atoms with van der Waals surface area (Å²) in [4.78, 5) is 15.9. The highest BCUT2D eigenvalue weighted by Crippen LogP contribution is 2.30. The molecular formula is C22H17F3N2O3S. The largest absolute Gasteiger partial charge is 0.416 e. The van der Waals surface area contributed by atoms with Crippen LogP contribution in [0.4, 0.5) is 13.2 Å². The van der Waals surface area contributed by atoms with Crippen LogP contribution < -0.4 is 5.32 Å². The number of nitrogens with one attached hydrogen (secondary N) is 1. The van der Waals surface area contributed by atoms with Gasteiger partial charge < -0.3 is 5.32 Å². The van der Waals surface area contributed by atoms with Gasteiger partial charge in [-0.1, -0.05) is 36.4 Å². The number of benzene rings is 2. The van der Waals surface area contributed by atoms with Gasteiger partial charge in [-0.3, -0.25) is 9.78 Å². The van der Waals surface area contributed by atoms with E-state index in [1.54, 1.807) is 24.4 Å². The summed E-state index contributed by atoms with van der Waals surface area (Å²) in [5, 5.41) is 2.49. The zero-order valence-electron chi connectivity index (χ0n) is 16.0. The minimum atomic E-state index is -4.61. The van der Waals surface area contributed by atoms with E-state index in [0.29, 0.717) is 5.56 Å². The number of carbonyl (C=O) groups excluding carboxylic acids is 1. The highest BCUT2D eigenvalue weighted by atomic mass is 32.2. The molecule has 3 rings (SSSR count). The number of alkyl halides is 3. The molecular weight excluding hydrogens is 429 g/mol. The first-order valence-electron chi connectivity index (χ1n) is 9.04. The second-order valence-corrected chi connectivity index (χ2v) is 8.41. The fraction of sp³-hybridized carbons (Fsp3) is 0.0909. The fourth-order valence-corrected chi connectivity index (χ4v) is 4.10. The summed E-state index contributed by atoms with van der Waals surface area (Å²) < 4.78 is 65.4. The molecule has 1 N–H and O–H groups in total. The van der Waals surface area contributed by atoms with Gasteiger partial charge in [0.2, 0.25) is 9.84 Å². The summed E-state index contributed by atoms with van der Waals surface area (Å²) in [5.74, 6) is -0.940. The Morgan fingerprint density at radius 2 is 1.74 bits per heavy atom. The zero-order valence-corrected chi connectivity index (χ0v) is 16.8. The molecule has 2 aromatic carbocycles. The van der Waals surface area contributed by atoms with Gasteiger partial charge in [0.25, 0.3) is 5.91 Å². The van der Waals surface area contributed by atoms with Crippen molar-refractivity contribution < 1.29 is 26.4 Å². The summed E-state index contributed by atoms with van der Waals surface area (Å²) >= 11 is 0. The number of pyridine rings is 1. The van der Waals surface area contributed by atoms with Crippen LogP contribution in [0.3, 0.4) is 0 Å². The summed E-state index contributed by atoms with van der Waals surface area (Å²) in [5.41, 5.74) is -0.388. The average molecular weight is 446 g/mol. The maximum atomic E-state index is 13.1. The number of nitrogens with zero attached hydrogens (tertiary/aromatic N) is 1. The van der Waals surface area contributed by atoms with Crippen molar-refractivity contribution in [3.8, 4) is 0 Å². The van der Waals surface area contributed by atoms with E-state index in [0.717, 1.165) is 24.3 Å². The minimum Gasteiger partial charge on any atom is -0.347 e. The number of aromatic nitrogens is 1. The van der Waals surface area contributed by atoms with Crippen molar-refractivity contribution in [3.05, 3.63) is 101 Å². The van der Waals surface area contributed by atoms with Gasteiger partial charge >= 0.3 is 6.18 Å². The lowest BCUT2D eigenvalue weighted by atomic mass is 10.1. The van der Waals surface area contributed by atoms with Crippen molar-refractivity contribution >= 4 is 21.8 Å². The van der Waals surface area contributed by atoms with E-state index >= 15 is 0 Å². The quantitative estimate of drug-likeness (QED) is 0.575. The molecule has 9 heteroatoms. The molecule has 0 aliphatic heterocycles. The Hall–Kier alpha value is -3.46. The van der Waals surface area contributed by atoms with Crippen LogP contribution in [0, 0.1) is 0 Å². The minimum absolute atomic E-state index is 0.00306. The lowest BCUT2D eigenvalue weighted by molar-refractivity contribution is -0.137. The van der Waals surface area contributed by atoms with Crippen LogP contribution in [0.5, 0.6) is 0 Å². The summed E-state index contributed by atoms with van der Waals surface area (Å²) in [6.07, 6.45) is -0.618. The smallest absolute Gasteiger partial charge is 0.347 e. The molecule has 1 heterocycles. The maximum absolute atomic E-state index is 13.1. The van der Waals surface area contributed by atoms with Crippen molar-refractivity contribution in [1.82, 2.24) is 10.3 Å². The van der Waals surface area contributed by atoms with Gasteiger partial charge in [-0.25, -0.2) is 8.42 Å². The van der Waals surface area contributed by atoms with E-state index in [2.05, 4.69) is 10.3 Å². The number of rotatable bonds is 6. The van der Waals surface area contributed by atoms with Crippen LogP contribution in [0.25, 0.3) is 6.08 Å². The second kappa shape index (κ2) is 9.13. The first-order valence-corrected chi connectivity index (χ1v) is 10.5. The Morgan fingerprint density at radius 3 is 2.39 bits per heavy atom. The van der Waals surface area contributed by atoms with Crippen molar-refractivity contribution in [2.24, 2.45) is 0 Å². The van der Waals surface area contributed by atoms with Gasteiger partial charge in [0.15, 0.2) is 0 Å². The highest BCUT2D eigenvalue weighted by molar-refractivity contribution is 7.96. The normalized spacial score (nSPS) is 12.4. The number of hydrogen-bond donors (Lipinski definition) is 1. The Labute approximate surface area is 177 Å². The van der Waals surface area contributed by atoms with Crippen LogP contribution in [0.2, 0.25) is 0 Å². The molecule has 0 aliphatic carbocycles. The van der Waals surface area contributed by atoms with Crippen LogP contribution in [-0.2, 0) is 27.4 Å². The molecule has 0 spiro atoms. The monoisotopic (exact) mass is 446 g/mol. The molecule has 31 heavy (non-hydrogen) atoms. The summed E-state index contributed by atoms with van der Waals surface area (Å²) in [6, 6.07) is 14.6. The first-order chi connectivity index (χ1) is 14.7. The van der Waals surface area contributed by atoms with Gasteiger partial charge in [0.05, 0.1) is 10.5 Å². The Balaban J connectivity index is 2.02. The maximum Gasteiger partial charge on any atom is 0.416 e. The SMILES string of the molecule is O=C(NCc1cccnc1)/C(=C\c1cccc(C(F)(F)F)c1)S(=O)(=O)c1ccccc1. The van der Waals surface area contributed by atoms with Crippen LogP contribution in [0.15, 0.2) is 88.9 Å². The first kappa shape index (κ1) is 22.2. The third-order valence-electron chi connectivity index (χ3n) is 4.25. The fourth-order valence-electron chi connectivity index (χ4n) is 2.72. The number of amides is 1. The van der Waals surface area contributed by atoms with Crippen LogP contribution in [-0.4, -0.2) is 19.3 Å². The third-order valence-corrected chi connectivity index (χ3v) is 6.03. The number of hydrogen-bond acceptors (Lipinski definition) is 4. The summed E-state index contributed by atoms with van der Waals surface area (Å²) in [7, 11) is -4.30. The predicted molar refractivity (Wildman–Crippen MR) is 109 cm³/mol. The molecule has 0 atom stereocenters. The van der Waals surface area contributed by atoms with Gasteiger partial charge in [-0.05, 0) is 47.5 Å². The molecule has 0 bridgehead atoms. The van der Waals surface area contributed by atoms with Crippen LogP contribution in [0.1, 0.15) is 16.7 Å². The number of carbonyl (C=O) groups is 1. The molecule has 160 valence electrons. The number of sulfone groups is 1. The van der Waals surface area contributed by atoms with Gasteiger partial charge in [0, 0.05) is 18.9 Å². The average Bonchev–Trinajstić information content (AvgIpc) is 2.76. The van der Waals surface area contributed by atoms with E-state index in [9.17, 15) is 26.4 Å². The molecule has 5 nitrogen and oxygen atoms in total.